The van der Waals surface area contributed by atoms with E-state index in [1.54, 1.807) is 12.1 Å². The average Bonchev–Trinajstić information content (AvgIpc) is 3.14. The molecule has 0 saturated carbocycles. The highest BCUT2D eigenvalue weighted by Crippen LogP contribution is 2.37. The topological polar surface area (TPSA) is 76.4 Å². The predicted octanol–water partition coefficient (Wildman–Crippen LogP) is 3.63. The van der Waals surface area contributed by atoms with Crippen LogP contribution in [0.5, 0.6) is 0 Å². The van der Waals surface area contributed by atoms with Gasteiger partial charge in [-0.15, -0.1) is 11.3 Å². The van der Waals surface area contributed by atoms with Gasteiger partial charge in [0.25, 0.3) is 5.91 Å². The maximum Gasteiger partial charge on any atom is 0.256 e. The standard InChI is InChI=1S/C23H26N4O2S/c24-15-19-18-9-14-27(21(28)10-13-26-11-5-2-6-12-26)16-20(18)30-23(19)25-22(29)17-7-3-1-4-8-17/h1,3-4,7-8H,2,5-6,9-14,16H2,(H,25,29). The van der Waals surface area contributed by atoms with Crippen LogP contribution in [0, 0.1) is 11.3 Å². The van der Waals surface area contributed by atoms with E-state index in [-0.39, 0.29) is 11.8 Å². The van der Waals surface area contributed by atoms with Crippen molar-refractivity contribution in [2.24, 2.45) is 0 Å². The number of hydrogen-bond acceptors (Lipinski definition) is 5. The summed E-state index contributed by atoms with van der Waals surface area (Å²) in [4.78, 5) is 30.5. The highest BCUT2D eigenvalue weighted by atomic mass is 32.1. The summed E-state index contributed by atoms with van der Waals surface area (Å²) in [6.07, 6.45) is 4.95. The molecule has 156 valence electrons. The summed E-state index contributed by atoms with van der Waals surface area (Å²) in [6.45, 7) is 4.17. The summed E-state index contributed by atoms with van der Waals surface area (Å²) in [6, 6.07) is 11.2. The first-order valence-electron chi connectivity index (χ1n) is 10.6. The number of fused-ring (bicyclic) bond motifs is 1. The molecule has 30 heavy (non-hydrogen) atoms. The monoisotopic (exact) mass is 422 g/mol. The van der Waals surface area contributed by atoms with E-state index in [0.29, 0.717) is 42.1 Å². The number of thiophene rings is 1. The van der Waals surface area contributed by atoms with Crippen molar-refractivity contribution in [3.63, 3.8) is 0 Å². The summed E-state index contributed by atoms with van der Waals surface area (Å²) in [7, 11) is 0. The number of carbonyl (C=O) groups is 2. The molecular formula is C23H26N4O2S. The Kier molecular flexibility index (Phi) is 6.46. The Labute approximate surface area is 181 Å². The maximum absolute atomic E-state index is 12.7. The zero-order chi connectivity index (χ0) is 20.9. The maximum atomic E-state index is 12.7. The van der Waals surface area contributed by atoms with Crippen LogP contribution in [0.1, 0.15) is 52.0 Å². The van der Waals surface area contributed by atoms with Crippen LogP contribution in [-0.4, -0.2) is 47.8 Å². The van der Waals surface area contributed by atoms with Crippen molar-refractivity contribution in [3.05, 3.63) is 51.9 Å². The zero-order valence-corrected chi connectivity index (χ0v) is 17.8. The van der Waals surface area contributed by atoms with Crippen LogP contribution in [0.3, 0.4) is 0 Å². The van der Waals surface area contributed by atoms with Crippen molar-refractivity contribution in [1.29, 1.82) is 5.26 Å². The third-order valence-electron chi connectivity index (χ3n) is 5.88. The molecular weight excluding hydrogens is 396 g/mol. The SMILES string of the molecule is N#Cc1c(NC(=O)c2ccccc2)sc2c1CCN(C(=O)CCN1CCCCC1)C2. The molecule has 1 fully saturated rings. The lowest BCUT2D eigenvalue weighted by Crippen LogP contribution is -2.38. The number of amides is 2. The molecule has 1 aromatic heterocycles. The Morgan fingerprint density at radius 3 is 2.60 bits per heavy atom. The van der Waals surface area contributed by atoms with Gasteiger partial charge >= 0.3 is 0 Å². The number of piperidine rings is 1. The van der Waals surface area contributed by atoms with Gasteiger partial charge in [-0.2, -0.15) is 5.26 Å². The van der Waals surface area contributed by atoms with Crippen LogP contribution in [0.2, 0.25) is 0 Å². The van der Waals surface area contributed by atoms with Gasteiger partial charge in [-0.25, -0.2) is 0 Å². The Bertz CT molecular complexity index is 958. The number of likely N-dealkylation sites (tertiary alicyclic amines) is 1. The minimum Gasteiger partial charge on any atom is -0.337 e. The second kappa shape index (κ2) is 9.41. The van der Waals surface area contributed by atoms with Crippen LogP contribution in [-0.2, 0) is 17.8 Å². The van der Waals surface area contributed by atoms with Crippen molar-refractivity contribution in [2.45, 2.75) is 38.6 Å². The number of nitriles is 1. The van der Waals surface area contributed by atoms with Gasteiger partial charge in [0.2, 0.25) is 5.91 Å². The largest absolute Gasteiger partial charge is 0.337 e. The molecule has 1 saturated heterocycles. The second-order valence-corrected chi connectivity index (χ2v) is 8.96. The van der Waals surface area contributed by atoms with Crippen molar-refractivity contribution in [1.82, 2.24) is 9.80 Å². The molecule has 6 nitrogen and oxygen atoms in total. The van der Waals surface area contributed by atoms with E-state index in [1.807, 2.05) is 23.1 Å². The van der Waals surface area contributed by atoms with Crippen LogP contribution in [0.25, 0.3) is 0 Å². The molecule has 1 N–H and O–H groups in total. The molecule has 7 heteroatoms. The fourth-order valence-corrected chi connectivity index (χ4v) is 5.39. The Balaban J connectivity index is 1.41. The zero-order valence-electron chi connectivity index (χ0n) is 17.0. The summed E-state index contributed by atoms with van der Waals surface area (Å²) < 4.78 is 0. The molecule has 1 aromatic carbocycles. The lowest BCUT2D eigenvalue weighted by molar-refractivity contribution is -0.132. The Morgan fingerprint density at radius 2 is 1.87 bits per heavy atom. The predicted molar refractivity (Wildman–Crippen MR) is 117 cm³/mol. The normalized spacial score (nSPS) is 16.6. The minimum absolute atomic E-state index is 0.174. The molecule has 2 aliphatic rings. The molecule has 0 atom stereocenters. The van der Waals surface area contributed by atoms with Crippen LogP contribution in [0.15, 0.2) is 30.3 Å². The van der Waals surface area contributed by atoms with E-state index < -0.39 is 0 Å². The molecule has 3 heterocycles. The molecule has 2 aromatic rings. The number of rotatable bonds is 5. The van der Waals surface area contributed by atoms with E-state index in [4.69, 9.17) is 0 Å². The van der Waals surface area contributed by atoms with Gasteiger partial charge in [-0.05, 0) is 50.0 Å². The van der Waals surface area contributed by atoms with Crippen LogP contribution in [0.4, 0.5) is 5.00 Å². The first-order valence-corrected chi connectivity index (χ1v) is 11.4. The van der Waals surface area contributed by atoms with Gasteiger partial charge in [-0.3, -0.25) is 9.59 Å². The lowest BCUT2D eigenvalue weighted by Gasteiger charge is -2.30. The van der Waals surface area contributed by atoms with Crippen molar-refractivity contribution in [3.8, 4) is 6.07 Å². The minimum atomic E-state index is -0.222. The van der Waals surface area contributed by atoms with Gasteiger partial charge in [0.15, 0.2) is 0 Å². The molecule has 0 aliphatic carbocycles. The van der Waals surface area contributed by atoms with Gasteiger partial charge in [-0.1, -0.05) is 24.6 Å². The number of nitrogens with one attached hydrogen (secondary N) is 1. The average molecular weight is 423 g/mol. The highest BCUT2D eigenvalue weighted by Gasteiger charge is 2.27. The van der Waals surface area contributed by atoms with Crippen molar-refractivity contribution in [2.75, 3.05) is 31.5 Å². The summed E-state index contributed by atoms with van der Waals surface area (Å²) >= 11 is 1.42. The molecule has 0 radical (unpaired) electrons. The smallest absolute Gasteiger partial charge is 0.256 e. The van der Waals surface area contributed by atoms with E-state index in [0.717, 1.165) is 30.1 Å². The van der Waals surface area contributed by atoms with Crippen LogP contribution < -0.4 is 5.32 Å². The van der Waals surface area contributed by atoms with Gasteiger partial charge in [0.1, 0.15) is 11.1 Å². The van der Waals surface area contributed by atoms with E-state index in [9.17, 15) is 14.9 Å². The Morgan fingerprint density at radius 1 is 1.10 bits per heavy atom. The Hall–Kier alpha value is -2.69. The van der Waals surface area contributed by atoms with Gasteiger partial charge in [0.05, 0.1) is 12.1 Å². The van der Waals surface area contributed by atoms with E-state index in [2.05, 4.69) is 16.3 Å². The second-order valence-electron chi connectivity index (χ2n) is 7.86. The van der Waals surface area contributed by atoms with Crippen molar-refractivity contribution >= 4 is 28.2 Å². The van der Waals surface area contributed by atoms with Crippen LogP contribution >= 0.6 is 11.3 Å². The molecule has 0 bridgehead atoms. The first kappa shape index (κ1) is 20.6. The van der Waals surface area contributed by atoms with Crippen molar-refractivity contribution < 1.29 is 9.59 Å². The molecule has 0 unspecified atom stereocenters. The molecule has 0 spiro atoms. The fraction of sp³-hybridized carbons (Fsp3) is 0.435. The molecule has 2 amide bonds. The third-order valence-corrected chi connectivity index (χ3v) is 7.01. The summed E-state index contributed by atoms with van der Waals surface area (Å²) in [5, 5.41) is 13.1. The first-order chi connectivity index (χ1) is 14.7. The third kappa shape index (κ3) is 4.55. The lowest BCUT2D eigenvalue weighted by atomic mass is 10.0. The summed E-state index contributed by atoms with van der Waals surface area (Å²) in [5.74, 6) is -0.0480. The number of anilines is 1. The van der Waals surface area contributed by atoms with E-state index in [1.165, 1.54) is 30.6 Å². The number of hydrogen-bond donors (Lipinski definition) is 1. The van der Waals surface area contributed by atoms with E-state index >= 15 is 0 Å². The molecule has 4 rings (SSSR count). The molecule has 2 aliphatic heterocycles. The van der Waals surface area contributed by atoms with Gasteiger partial charge in [0, 0.05) is 30.0 Å². The fourth-order valence-electron chi connectivity index (χ4n) is 4.18. The van der Waals surface area contributed by atoms with Gasteiger partial charge < -0.3 is 15.1 Å². The quantitative estimate of drug-likeness (QED) is 0.798. The number of carbonyl (C=O) groups excluding carboxylic acids is 2. The number of benzene rings is 1. The summed E-state index contributed by atoms with van der Waals surface area (Å²) in [5.41, 5.74) is 2.08. The number of nitrogens with zero attached hydrogens (tertiary/aromatic N) is 3. The highest BCUT2D eigenvalue weighted by molar-refractivity contribution is 7.16.